The van der Waals surface area contributed by atoms with Gasteiger partial charge in [-0.15, -0.1) is 0 Å². The number of carbonyl (C=O) groups excluding carboxylic acids is 5. The first-order chi connectivity index (χ1) is 17.4. The zero-order valence-corrected chi connectivity index (χ0v) is 20.3. The third-order valence-electron chi connectivity index (χ3n) is 8.14. The summed E-state index contributed by atoms with van der Waals surface area (Å²) < 4.78 is 0. The standard InChI is InChI=1S/C27H27N3O7/c1-30(2)21-16-10-12-9-15-14(11-4-3-5-13(28)8-11)6-7-17(31)19(15)22(32)18(12)24(34)27(16,37)25(35)20(23(21)33)26(29)36/h3-8,12,16,18,20-21,31,37H,9-10,28H2,1-2H3,(H2,29,36)/t12-,16-,18?,20?,21-,27-/m0/s1. The van der Waals surface area contributed by atoms with Crippen molar-refractivity contribution in [3.8, 4) is 16.9 Å². The molecule has 3 aliphatic rings. The molecule has 2 saturated carbocycles. The molecule has 2 fully saturated rings. The molecule has 1 amide bonds. The molecule has 10 nitrogen and oxygen atoms in total. The highest BCUT2D eigenvalue weighted by Gasteiger charge is 2.69. The maximum Gasteiger partial charge on any atom is 0.235 e. The van der Waals surface area contributed by atoms with E-state index in [2.05, 4.69) is 0 Å². The Bertz CT molecular complexity index is 1400. The van der Waals surface area contributed by atoms with Gasteiger partial charge in [0.2, 0.25) is 5.91 Å². The van der Waals surface area contributed by atoms with Gasteiger partial charge >= 0.3 is 0 Å². The van der Waals surface area contributed by atoms with E-state index in [1.165, 1.54) is 11.0 Å². The summed E-state index contributed by atoms with van der Waals surface area (Å²) in [6, 6.07) is 8.92. The SMILES string of the molecule is CN(C)[C@@H]1C(=O)C(C(N)=O)C(=O)[C@@]2(O)C(=O)C3C(=O)c4c(O)ccc(-c5cccc(N)c5)c4C[C@H]3C[C@@H]12. The molecule has 3 aliphatic carbocycles. The maximum absolute atomic E-state index is 13.8. The predicted molar refractivity (Wildman–Crippen MR) is 131 cm³/mol. The average molecular weight is 506 g/mol. The van der Waals surface area contributed by atoms with Crippen molar-refractivity contribution < 1.29 is 34.2 Å². The van der Waals surface area contributed by atoms with Crippen molar-refractivity contribution in [1.82, 2.24) is 4.90 Å². The number of Topliss-reactive ketones (excluding diaryl/α,β-unsaturated/α-hetero) is 4. The summed E-state index contributed by atoms with van der Waals surface area (Å²) >= 11 is 0. The zero-order valence-electron chi connectivity index (χ0n) is 20.3. The first-order valence-corrected chi connectivity index (χ1v) is 11.9. The van der Waals surface area contributed by atoms with Crippen LogP contribution in [0, 0.1) is 23.7 Å². The molecule has 37 heavy (non-hydrogen) atoms. The van der Waals surface area contributed by atoms with Crippen LogP contribution in [0.25, 0.3) is 11.1 Å². The van der Waals surface area contributed by atoms with Gasteiger partial charge in [0.05, 0.1) is 17.5 Å². The number of nitrogens with two attached hydrogens (primary N) is 2. The Hall–Kier alpha value is -3.89. The van der Waals surface area contributed by atoms with Crippen molar-refractivity contribution in [2.45, 2.75) is 24.5 Å². The lowest BCUT2D eigenvalue weighted by Crippen LogP contribution is -2.74. The number of amides is 1. The summed E-state index contributed by atoms with van der Waals surface area (Å²) in [5.74, 6) is -10.7. The summed E-state index contributed by atoms with van der Waals surface area (Å²) in [6.07, 6.45) is 0.181. The minimum absolute atomic E-state index is 0.00405. The molecule has 0 aliphatic heterocycles. The smallest absolute Gasteiger partial charge is 0.235 e. The van der Waals surface area contributed by atoms with Gasteiger partial charge in [-0.3, -0.25) is 28.9 Å². The maximum atomic E-state index is 13.8. The van der Waals surface area contributed by atoms with Gasteiger partial charge in [-0.05, 0) is 67.7 Å². The number of fused-ring (bicyclic) bond motifs is 3. The lowest BCUT2D eigenvalue weighted by Gasteiger charge is -2.52. The van der Waals surface area contributed by atoms with Crippen LogP contribution in [-0.4, -0.2) is 69.9 Å². The average Bonchev–Trinajstić information content (AvgIpc) is 2.81. The van der Waals surface area contributed by atoms with Gasteiger partial charge in [0.15, 0.2) is 34.7 Å². The second kappa shape index (κ2) is 8.32. The van der Waals surface area contributed by atoms with Gasteiger partial charge in [0.25, 0.3) is 0 Å². The number of primary amides is 1. The number of likely N-dealkylation sites (N-methyl/N-ethyl adjacent to an activating group) is 1. The van der Waals surface area contributed by atoms with Crippen LogP contribution in [-0.2, 0) is 25.6 Å². The van der Waals surface area contributed by atoms with Crippen molar-refractivity contribution in [2.75, 3.05) is 19.8 Å². The molecule has 2 unspecified atom stereocenters. The number of phenols is 1. The molecule has 0 aromatic heterocycles. The second-order valence-electron chi connectivity index (χ2n) is 10.4. The summed E-state index contributed by atoms with van der Waals surface area (Å²) in [6.45, 7) is 0. The lowest BCUT2D eigenvalue weighted by atomic mass is 9.52. The molecule has 0 bridgehead atoms. The van der Waals surface area contributed by atoms with E-state index in [4.69, 9.17) is 11.5 Å². The number of hydrogen-bond acceptors (Lipinski definition) is 9. The highest BCUT2D eigenvalue weighted by Crippen LogP contribution is 2.51. The molecule has 0 radical (unpaired) electrons. The van der Waals surface area contributed by atoms with Gasteiger partial charge in [-0.2, -0.15) is 0 Å². The fourth-order valence-electron chi connectivity index (χ4n) is 6.58. The van der Waals surface area contributed by atoms with E-state index in [0.29, 0.717) is 16.8 Å². The van der Waals surface area contributed by atoms with E-state index in [0.717, 1.165) is 5.56 Å². The van der Waals surface area contributed by atoms with Crippen LogP contribution in [0.3, 0.4) is 0 Å². The van der Waals surface area contributed by atoms with Crippen molar-refractivity contribution in [3.05, 3.63) is 47.5 Å². The summed E-state index contributed by atoms with van der Waals surface area (Å²) in [5.41, 5.74) is 10.9. The summed E-state index contributed by atoms with van der Waals surface area (Å²) in [5, 5.41) is 22.3. The molecule has 192 valence electrons. The number of rotatable bonds is 3. The molecule has 10 heteroatoms. The monoisotopic (exact) mass is 505 g/mol. The predicted octanol–water partition coefficient (Wildman–Crippen LogP) is 0.116. The summed E-state index contributed by atoms with van der Waals surface area (Å²) in [4.78, 5) is 67.5. The van der Waals surface area contributed by atoms with Gasteiger partial charge < -0.3 is 21.7 Å². The number of aliphatic hydroxyl groups is 1. The minimum Gasteiger partial charge on any atom is -0.507 e. The quantitative estimate of drug-likeness (QED) is 0.333. The van der Waals surface area contributed by atoms with Gasteiger partial charge in [-0.1, -0.05) is 18.2 Å². The third-order valence-corrected chi connectivity index (χ3v) is 8.14. The zero-order chi connectivity index (χ0) is 27.0. The topological polar surface area (TPSA) is 181 Å². The Kier molecular flexibility index (Phi) is 5.58. The van der Waals surface area contributed by atoms with Gasteiger partial charge in [0.1, 0.15) is 5.75 Å². The lowest BCUT2D eigenvalue weighted by molar-refractivity contribution is -0.181. The number of carbonyl (C=O) groups is 5. The van der Waals surface area contributed by atoms with E-state index >= 15 is 0 Å². The molecule has 0 saturated heterocycles. The van der Waals surface area contributed by atoms with E-state index in [1.807, 2.05) is 6.07 Å². The number of benzene rings is 2. The Balaban J connectivity index is 1.67. The number of ketones is 4. The molecule has 6 N–H and O–H groups in total. The van der Waals surface area contributed by atoms with Crippen molar-refractivity contribution >= 4 is 34.7 Å². The second-order valence-corrected chi connectivity index (χ2v) is 10.4. The van der Waals surface area contributed by atoms with Crippen LogP contribution >= 0.6 is 0 Å². The Morgan fingerprint density at radius 3 is 2.41 bits per heavy atom. The molecular weight excluding hydrogens is 478 g/mol. The molecule has 2 aromatic rings. The Labute approximate surface area is 212 Å². The Morgan fingerprint density at radius 2 is 1.78 bits per heavy atom. The highest BCUT2D eigenvalue weighted by atomic mass is 16.3. The fourth-order valence-corrected chi connectivity index (χ4v) is 6.58. The van der Waals surface area contributed by atoms with E-state index in [1.54, 1.807) is 38.4 Å². The number of nitrogens with zero attached hydrogens (tertiary/aromatic N) is 1. The molecule has 6 atom stereocenters. The number of nitrogen functional groups attached to an aromatic ring is 1. The minimum atomic E-state index is -2.74. The first kappa shape index (κ1) is 24.8. The van der Waals surface area contributed by atoms with Gasteiger partial charge in [-0.25, -0.2) is 0 Å². The third kappa shape index (κ3) is 3.36. The van der Waals surface area contributed by atoms with Gasteiger partial charge in [0, 0.05) is 11.6 Å². The van der Waals surface area contributed by atoms with Crippen LogP contribution in [0.2, 0.25) is 0 Å². The molecular formula is C27H27N3O7. The van der Waals surface area contributed by atoms with Crippen LogP contribution in [0.4, 0.5) is 5.69 Å². The van der Waals surface area contributed by atoms with Crippen LogP contribution in [0.5, 0.6) is 5.75 Å². The van der Waals surface area contributed by atoms with E-state index in [9.17, 15) is 34.2 Å². The highest BCUT2D eigenvalue weighted by molar-refractivity contribution is 6.32. The fraction of sp³-hybridized carbons (Fsp3) is 0.370. The number of anilines is 1. The number of phenolic OH excluding ortho intramolecular Hbond substituents is 1. The molecule has 0 spiro atoms. The van der Waals surface area contributed by atoms with Crippen LogP contribution < -0.4 is 11.5 Å². The largest absolute Gasteiger partial charge is 0.507 e. The Morgan fingerprint density at radius 1 is 1.08 bits per heavy atom. The van der Waals surface area contributed by atoms with Crippen molar-refractivity contribution in [1.29, 1.82) is 0 Å². The van der Waals surface area contributed by atoms with E-state index < -0.39 is 64.4 Å². The normalized spacial score (nSPS) is 31.1. The number of aromatic hydroxyl groups is 1. The molecule has 2 aromatic carbocycles. The molecule has 0 heterocycles. The molecule has 5 rings (SSSR count). The first-order valence-electron chi connectivity index (χ1n) is 11.9. The van der Waals surface area contributed by atoms with Crippen molar-refractivity contribution in [2.24, 2.45) is 29.4 Å². The van der Waals surface area contributed by atoms with Crippen molar-refractivity contribution in [3.63, 3.8) is 0 Å². The van der Waals surface area contributed by atoms with E-state index in [-0.39, 0.29) is 24.2 Å². The number of hydrogen-bond donors (Lipinski definition) is 4. The van der Waals surface area contributed by atoms with Crippen LogP contribution in [0.15, 0.2) is 36.4 Å². The van der Waals surface area contributed by atoms with Crippen LogP contribution in [0.1, 0.15) is 22.3 Å². The summed E-state index contributed by atoms with van der Waals surface area (Å²) in [7, 11) is 3.09.